The van der Waals surface area contributed by atoms with Crippen LogP contribution >= 0.6 is 0 Å². The summed E-state index contributed by atoms with van der Waals surface area (Å²) >= 11 is 0. The van der Waals surface area contributed by atoms with Crippen LogP contribution in [0.3, 0.4) is 0 Å². The molecular weight excluding hydrogens is 316 g/mol. The van der Waals surface area contributed by atoms with Crippen LogP contribution in [0.15, 0.2) is 48.0 Å². The van der Waals surface area contributed by atoms with Crippen molar-refractivity contribution in [2.24, 2.45) is 0 Å². The van der Waals surface area contributed by atoms with Crippen molar-refractivity contribution in [1.29, 1.82) is 0 Å². The van der Waals surface area contributed by atoms with Crippen LogP contribution in [0.5, 0.6) is 5.75 Å². The van der Waals surface area contributed by atoms with Gasteiger partial charge < -0.3 is 9.47 Å². The largest absolute Gasteiger partial charge is 0.496 e. The first-order chi connectivity index (χ1) is 12.1. The number of hydrogen-bond donors (Lipinski definition) is 0. The third kappa shape index (κ3) is 3.79. The number of ketones is 1. The molecule has 2 aromatic carbocycles. The summed E-state index contributed by atoms with van der Waals surface area (Å²) in [7, 11) is 1.58. The molecule has 3 rings (SSSR count). The van der Waals surface area contributed by atoms with E-state index < -0.39 is 0 Å². The number of hydrogen-bond acceptors (Lipinski definition) is 4. The highest BCUT2D eigenvalue weighted by molar-refractivity contribution is 6.13. The number of methoxy groups -OCH3 is 1. The fourth-order valence-corrected chi connectivity index (χ4v) is 3.04. The minimum Gasteiger partial charge on any atom is -0.496 e. The maximum absolute atomic E-state index is 12.7. The summed E-state index contributed by atoms with van der Waals surface area (Å²) in [4.78, 5) is 23.7. The van der Waals surface area contributed by atoms with Crippen LogP contribution in [0.2, 0.25) is 0 Å². The summed E-state index contributed by atoms with van der Waals surface area (Å²) in [6, 6.07) is 13.4. The van der Waals surface area contributed by atoms with Crippen molar-refractivity contribution in [2.45, 2.75) is 26.4 Å². The zero-order valence-corrected chi connectivity index (χ0v) is 14.4. The molecule has 0 spiro atoms. The van der Waals surface area contributed by atoms with Crippen molar-refractivity contribution in [3.63, 3.8) is 0 Å². The van der Waals surface area contributed by atoms with E-state index in [4.69, 9.17) is 9.47 Å². The van der Waals surface area contributed by atoms with Gasteiger partial charge in [-0.1, -0.05) is 30.3 Å². The molecule has 4 nitrogen and oxygen atoms in total. The second-order valence-corrected chi connectivity index (χ2v) is 6.01. The molecule has 0 aliphatic heterocycles. The van der Waals surface area contributed by atoms with E-state index in [1.54, 1.807) is 7.11 Å². The molecule has 0 heterocycles. The van der Waals surface area contributed by atoms with Gasteiger partial charge in [-0.15, -0.1) is 0 Å². The number of ether oxygens (including phenoxy) is 2. The van der Waals surface area contributed by atoms with Gasteiger partial charge in [-0.3, -0.25) is 9.59 Å². The first kappa shape index (κ1) is 17.0. The number of esters is 1. The normalized spacial score (nSPS) is 15.0. The molecule has 0 unspecified atom stereocenters. The third-order valence-corrected chi connectivity index (χ3v) is 4.29. The van der Waals surface area contributed by atoms with Crippen LogP contribution in [0, 0.1) is 0 Å². The summed E-state index contributed by atoms with van der Waals surface area (Å²) in [5, 5.41) is 0. The van der Waals surface area contributed by atoms with Crippen LogP contribution in [0.4, 0.5) is 0 Å². The van der Waals surface area contributed by atoms with Gasteiger partial charge in [0.1, 0.15) is 12.4 Å². The molecule has 1 aliphatic rings. The summed E-state index contributed by atoms with van der Waals surface area (Å²) in [6.45, 7) is 1.52. The van der Waals surface area contributed by atoms with Gasteiger partial charge in [0.25, 0.3) is 0 Å². The van der Waals surface area contributed by atoms with Crippen molar-refractivity contribution in [3.8, 4) is 5.75 Å². The van der Waals surface area contributed by atoms with E-state index in [1.165, 1.54) is 6.92 Å². The minimum absolute atomic E-state index is 0.0826. The summed E-state index contributed by atoms with van der Waals surface area (Å²) < 4.78 is 10.4. The SMILES string of the molecule is COc1ccc(/C=C2\CCc3ccccc3C2=O)cc1COC(C)=O. The Bertz CT molecular complexity index is 849. The molecule has 128 valence electrons. The Kier molecular flexibility index (Phi) is 4.98. The Hall–Kier alpha value is -2.88. The number of Topliss-reactive ketones (excluding diaryl/α,β-unsaturated/α-hetero) is 1. The van der Waals surface area contributed by atoms with Crippen molar-refractivity contribution >= 4 is 17.8 Å². The topological polar surface area (TPSA) is 52.6 Å². The smallest absolute Gasteiger partial charge is 0.302 e. The molecule has 0 saturated heterocycles. The van der Waals surface area contributed by atoms with Gasteiger partial charge in [0.2, 0.25) is 0 Å². The molecule has 2 aromatic rings. The molecule has 0 saturated carbocycles. The number of rotatable bonds is 4. The Labute approximate surface area is 147 Å². The second kappa shape index (κ2) is 7.34. The van der Waals surface area contributed by atoms with Crippen molar-refractivity contribution < 1.29 is 19.1 Å². The number of benzene rings is 2. The minimum atomic E-state index is -0.343. The van der Waals surface area contributed by atoms with E-state index in [9.17, 15) is 9.59 Å². The molecular formula is C21H20O4. The van der Waals surface area contributed by atoms with E-state index in [2.05, 4.69) is 0 Å². The van der Waals surface area contributed by atoms with Crippen molar-refractivity contribution in [3.05, 3.63) is 70.3 Å². The van der Waals surface area contributed by atoms with Crippen molar-refractivity contribution in [1.82, 2.24) is 0 Å². The molecule has 0 radical (unpaired) electrons. The lowest BCUT2D eigenvalue weighted by atomic mass is 9.86. The average molecular weight is 336 g/mol. The predicted molar refractivity (Wildman–Crippen MR) is 95.5 cm³/mol. The zero-order valence-electron chi connectivity index (χ0n) is 14.4. The van der Waals surface area contributed by atoms with Crippen LogP contribution in [0.25, 0.3) is 6.08 Å². The van der Waals surface area contributed by atoms with Gasteiger partial charge >= 0.3 is 5.97 Å². The van der Waals surface area contributed by atoms with Gasteiger partial charge in [0.05, 0.1) is 7.11 Å². The van der Waals surface area contributed by atoms with E-state index in [-0.39, 0.29) is 18.4 Å². The van der Waals surface area contributed by atoms with Gasteiger partial charge in [-0.2, -0.15) is 0 Å². The van der Waals surface area contributed by atoms with Crippen LogP contribution in [-0.4, -0.2) is 18.9 Å². The lowest BCUT2D eigenvalue weighted by Gasteiger charge is -2.17. The van der Waals surface area contributed by atoms with Crippen LogP contribution in [-0.2, 0) is 22.6 Å². The van der Waals surface area contributed by atoms with Gasteiger partial charge in [0, 0.05) is 23.6 Å². The quantitative estimate of drug-likeness (QED) is 0.626. The van der Waals surface area contributed by atoms with E-state index >= 15 is 0 Å². The highest BCUT2D eigenvalue weighted by Crippen LogP contribution is 2.28. The van der Waals surface area contributed by atoms with Crippen LogP contribution < -0.4 is 4.74 Å². The van der Waals surface area contributed by atoms with Gasteiger partial charge in [0.15, 0.2) is 5.78 Å². The Morgan fingerprint density at radius 1 is 1.16 bits per heavy atom. The first-order valence-electron chi connectivity index (χ1n) is 8.22. The van der Waals surface area contributed by atoms with Gasteiger partial charge in [-0.25, -0.2) is 0 Å². The standard InChI is InChI=1S/C21H20O4/c1-14(22)25-13-18-12-15(7-10-20(18)24-2)11-17-9-8-16-5-3-4-6-19(16)21(17)23/h3-7,10-12H,8-9,13H2,1-2H3/b17-11+. The molecule has 0 bridgehead atoms. The maximum Gasteiger partial charge on any atom is 0.302 e. The second-order valence-electron chi connectivity index (χ2n) is 6.01. The highest BCUT2D eigenvalue weighted by Gasteiger charge is 2.21. The fourth-order valence-electron chi connectivity index (χ4n) is 3.04. The molecule has 25 heavy (non-hydrogen) atoms. The predicted octanol–water partition coefficient (Wildman–Crippen LogP) is 3.97. The van der Waals surface area contributed by atoms with Crippen molar-refractivity contribution in [2.75, 3.05) is 7.11 Å². The summed E-state index contributed by atoms with van der Waals surface area (Å²) in [5.41, 5.74) is 4.35. The van der Waals surface area contributed by atoms with Crippen LogP contribution in [0.1, 0.15) is 40.4 Å². The fraction of sp³-hybridized carbons (Fsp3) is 0.238. The highest BCUT2D eigenvalue weighted by atomic mass is 16.5. The molecule has 1 aliphatic carbocycles. The Morgan fingerprint density at radius 3 is 2.72 bits per heavy atom. The Morgan fingerprint density at radius 2 is 1.96 bits per heavy atom. The lowest BCUT2D eigenvalue weighted by Crippen LogP contribution is -2.13. The summed E-state index contributed by atoms with van der Waals surface area (Å²) in [5.74, 6) is 0.396. The lowest BCUT2D eigenvalue weighted by molar-refractivity contribution is -0.142. The molecule has 0 amide bonds. The number of fused-ring (bicyclic) bond motifs is 1. The molecule has 0 atom stereocenters. The van der Waals surface area contributed by atoms with E-state index in [0.29, 0.717) is 5.75 Å². The molecule has 4 heteroatoms. The maximum atomic E-state index is 12.7. The van der Waals surface area contributed by atoms with Gasteiger partial charge in [-0.05, 0) is 42.2 Å². The number of aryl methyl sites for hydroxylation is 1. The van der Waals surface area contributed by atoms with E-state index in [1.807, 2.05) is 48.5 Å². The number of carbonyl (C=O) groups is 2. The summed E-state index contributed by atoms with van der Waals surface area (Å²) in [6.07, 6.45) is 3.50. The molecule has 0 N–H and O–H groups in total. The monoisotopic (exact) mass is 336 g/mol. The average Bonchev–Trinajstić information content (AvgIpc) is 2.62. The first-order valence-corrected chi connectivity index (χ1v) is 8.22. The number of carbonyl (C=O) groups excluding carboxylic acids is 2. The molecule has 0 fully saturated rings. The number of allylic oxidation sites excluding steroid dienone is 1. The van der Waals surface area contributed by atoms with E-state index in [0.717, 1.165) is 40.7 Å². The third-order valence-electron chi connectivity index (χ3n) is 4.29. The molecule has 0 aromatic heterocycles. The Balaban J connectivity index is 1.89. The zero-order chi connectivity index (χ0) is 17.8.